The molecule has 0 aromatic heterocycles. The summed E-state index contributed by atoms with van der Waals surface area (Å²) in [5, 5.41) is 3.04. The molecule has 0 unspecified atom stereocenters. The minimum absolute atomic E-state index is 0.0867. The summed E-state index contributed by atoms with van der Waals surface area (Å²) in [5.74, 6) is -0.746. The minimum Gasteiger partial charge on any atom is -0.352 e. The highest BCUT2D eigenvalue weighted by atomic mass is 79.9. The van der Waals surface area contributed by atoms with Crippen molar-refractivity contribution in [3.63, 3.8) is 0 Å². The van der Waals surface area contributed by atoms with Gasteiger partial charge in [0.1, 0.15) is 12.6 Å². The number of anilines is 1. The summed E-state index contributed by atoms with van der Waals surface area (Å²) in [5.41, 5.74) is 3.88. The molecule has 0 radical (unpaired) electrons. The molecule has 0 bridgehead atoms. The van der Waals surface area contributed by atoms with Crippen molar-refractivity contribution in [2.75, 3.05) is 17.1 Å². The summed E-state index contributed by atoms with van der Waals surface area (Å²) in [6.07, 6.45) is 2.11. The van der Waals surface area contributed by atoms with Gasteiger partial charge in [0.25, 0.3) is 0 Å². The highest BCUT2D eigenvalue weighted by molar-refractivity contribution is 9.10. The van der Waals surface area contributed by atoms with Crippen molar-refractivity contribution in [2.45, 2.75) is 59.2 Å². The number of benzene rings is 3. The quantitative estimate of drug-likeness (QED) is 0.292. The predicted octanol–water partition coefficient (Wildman–Crippen LogP) is 5.39. The lowest BCUT2D eigenvalue weighted by molar-refractivity contribution is -0.140. The van der Waals surface area contributed by atoms with E-state index in [9.17, 15) is 18.0 Å². The van der Waals surface area contributed by atoms with Crippen molar-refractivity contribution >= 4 is 43.5 Å². The number of carbonyl (C=O) groups excluding carboxylic acids is 2. The molecule has 0 saturated heterocycles. The van der Waals surface area contributed by atoms with E-state index in [1.54, 1.807) is 6.07 Å². The van der Waals surface area contributed by atoms with Gasteiger partial charge in [-0.3, -0.25) is 13.9 Å². The van der Waals surface area contributed by atoms with Gasteiger partial charge in [-0.1, -0.05) is 83.0 Å². The topological polar surface area (TPSA) is 86.8 Å². The first-order valence-electron chi connectivity index (χ1n) is 13.3. The lowest BCUT2D eigenvalue weighted by atomic mass is 10.0. The van der Waals surface area contributed by atoms with Crippen LogP contribution in [0.3, 0.4) is 0 Å². The Bertz CT molecular complexity index is 1430. The van der Waals surface area contributed by atoms with Gasteiger partial charge in [0, 0.05) is 23.5 Å². The number of sulfonamides is 1. The molecule has 3 aromatic carbocycles. The van der Waals surface area contributed by atoms with Crippen molar-refractivity contribution < 1.29 is 18.0 Å². The Balaban J connectivity index is 2.08. The van der Waals surface area contributed by atoms with Gasteiger partial charge >= 0.3 is 0 Å². The van der Waals surface area contributed by atoms with Gasteiger partial charge in [0.15, 0.2) is 0 Å². The molecule has 2 atom stereocenters. The smallest absolute Gasteiger partial charge is 0.244 e. The summed E-state index contributed by atoms with van der Waals surface area (Å²) in [7, 11) is -3.81. The lowest BCUT2D eigenvalue weighted by Crippen LogP contribution is -2.54. The van der Waals surface area contributed by atoms with E-state index in [0.717, 1.165) is 43.7 Å². The first kappa shape index (κ1) is 31.4. The van der Waals surface area contributed by atoms with Gasteiger partial charge < -0.3 is 10.2 Å². The molecule has 214 valence electrons. The SMILES string of the molecule is CC[C@H](C)NC(=O)[C@@H](Cc1ccccc1)N(Cc1cccc(Br)c1)C(=O)CN(c1ccc(C)cc1C)S(C)(=O)=O. The molecule has 40 heavy (non-hydrogen) atoms. The van der Waals surface area contributed by atoms with Crippen LogP contribution in [0.4, 0.5) is 5.69 Å². The van der Waals surface area contributed by atoms with Gasteiger partial charge in [0.05, 0.1) is 11.9 Å². The zero-order valence-corrected chi connectivity index (χ0v) is 26.1. The molecule has 3 aromatic rings. The largest absolute Gasteiger partial charge is 0.352 e. The Kier molecular flexibility index (Phi) is 10.9. The molecule has 0 aliphatic carbocycles. The van der Waals surface area contributed by atoms with Gasteiger partial charge in [-0.2, -0.15) is 0 Å². The number of halogens is 1. The van der Waals surface area contributed by atoms with Crippen LogP contribution < -0.4 is 9.62 Å². The third-order valence-corrected chi connectivity index (χ3v) is 8.43. The van der Waals surface area contributed by atoms with Crippen LogP contribution in [0.1, 0.15) is 42.5 Å². The number of nitrogens with zero attached hydrogens (tertiary/aromatic N) is 2. The first-order chi connectivity index (χ1) is 18.9. The second kappa shape index (κ2) is 13.9. The second-order valence-electron chi connectivity index (χ2n) is 10.2. The Morgan fingerprint density at radius 2 is 1.62 bits per heavy atom. The van der Waals surface area contributed by atoms with Crippen LogP contribution in [-0.4, -0.2) is 50.0 Å². The van der Waals surface area contributed by atoms with Crippen molar-refractivity contribution in [3.8, 4) is 0 Å². The van der Waals surface area contributed by atoms with Gasteiger partial charge in [0.2, 0.25) is 21.8 Å². The van der Waals surface area contributed by atoms with Crippen LogP contribution in [0.5, 0.6) is 0 Å². The van der Waals surface area contributed by atoms with Crippen LogP contribution in [0, 0.1) is 13.8 Å². The van der Waals surface area contributed by atoms with E-state index in [0.29, 0.717) is 5.69 Å². The number of rotatable bonds is 12. The van der Waals surface area contributed by atoms with Crippen molar-refractivity contribution in [3.05, 3.63) is 99.5 Å². The molecule has 0 spiro atoms. The number of hydrogen-bond acceptors (Lipinski definition) is 4. The summed E-state index contributed by atoms with van der Waals surface area (Å²) < 4.78 is 27.9. The van der Waals surface area contributed by atoms with E-state index in [-0.39, 0.29) is 24.9 Å². The molecule has 2 amide bonds. The van der Waals surface area contributed by atoms with Gasteiger partial charge in [-0.25, -0.2) is 8.42 Å². The molecule has 0 aliphatic rings. The average Bonchev–Trinajstić information content (AvgIpc) is 2.89. The third-order valence-electron chi connectivity index (χ3n) is 6.81. The molecule has 0 saturated carbocycles. The fourth-order valence-corrected chi connectivity index (χ4v) is 5.86. The Morgan fingerprint density at radius 3 is 2.23 bits per heavy atom. The highest BCUT2D eigenvalue weighted by Gasteiger charge is 2.33. The Hall–Kier alpha value is -3.17. The molecular formula is C31H38BrN3O4S. The average molecular weight is 629 g/mol. The number of amides is 2. The summed E-state index contributed by atoms with van der Waals surface area (Å²) in [4.78, 5) is 29.4. The highest BCUT2D eigenvalue weighted by Crippen LogP contribution is 2.25. The summed E-state index contributed by atoms with van der Waals surface area (Å²) >= 11 is 3.49. The van der Waals surface area contributed by atoms with E-state index < -0.39 is 28.5 Å². The molecular weight excluding hydrogens is 590 g/mol. The van der Waals surface area contributed by atoms with E-state index in [1.165, 1.54) is 4.90 Å². The van der Waals surface area contributed by atoms with E-state index >= 15 is 0 Å². The first-order valence-corrected chi connectivity index (χ1v) is 16.0. The number of hydrogen-bond donors (Lipinski definition) is 1. The van der Waals surface area contributed by atoms with E-state index in [4.69, 9.17) is 0 Å². The number of aryl methyl sites for hydroxylation is 2. The normalized spacial score (nSPS) is 12.8. The maximum Gasteiger partial charge on any atom is 0.244 e. The van der Waals surface area contributed by atoms with Gasteiger partial charge in [-0.05, 0) is 62.1 Å². The maximum absolute atomic E-state index is 14.2. The second-order valence-corrected chi connectivity index (χ2v) is 13.1. The number of carbonyl (C=O) groups is 2. The molecule has 1 N–H and O–H groups in total. The Labute approximate surface area is 246 Å². The monoisotopic (exact) mass is 627 g/mol. The van der Waals surface area contributed by atoms with Crippen LogP contribution >= 0.6 is 15.9 Å². The number of nitrogens with one attached hydrogen (secondary N) is 1. The maximum atomic E-state index is 14.2. The molecule has 0 fully saturated rings. The molecule has 7 nitrogen and oxygen atoms in total. The molecule has 3 rings (SSSR count). The van der Waals surface area contributed by atoms with Crippen LogP contribution in [-0.2, 0) is 32.6 Å². The summed E-state index contributed by atoms with van der Waals surface area (Å²) in [6, 6.07) is 21.5. The zero-order valence-electron chi connectivity index (χ0n) is 23.7. The van der Waals surface area contributed by atoms with Gasteiger partial charge in [-0.15, -0.1) is 0 Å². The van der Waals surface area contributed by atoms with E-state index in [2.05, 4.69) is 21.2 Å². The van der Waals surface area contributed by atoms with Crippen molar-refractivity contribution in [1.29, 1.82) is 0 Å². The van der Waals surface area contributed by atoms with Crippen molar-refractivity contribution in [1.82, 2.24) is 10.2 Å². The minimum atomic E-state index is -3.81. The fourth-order valence-electron chi connectivity index (χ4n) is 4.51. The summed E-state index contributed by atoms with van der Waals surface area (Å²) in [6.45, 7) is 7.35. The lowest BCUT2D eigenvalue weighted by Gasteiger charge is -2.34. The molecule has 0 aliphatic heterocycles. The molecule has 9 heteroatoms. The van der Waals surface area contributed by atoms with Crippen LogP contribution in [0.15, 0.2) is 77.3 Å². The zero-order chi connectivity index (χ0) is 29.4. The third kappa shape index (κ3) is 8.66. The Morgan fingerprint density at radius 1 is 0.950 bits per heavy atom. The van der Waals surface area contributed by atoms with Crippen LogP contribution in [0.25, 0.3) is 0 Å². The fraction of sp³-hybridized carbons (Fsp3) is 0.355. The molecule has 0 heterocycles. The van der Waals surface area contributed by atoms with Crippen molar-refractivity contribution in [2.24, 2.45) is 0 Å². The van der Waals surface area contributed by atoms with E-state index in [1.807, 2.05) is 94.4 Å². The van der Waals surface area contributed by atoms with Crippen LogP contribution in [0.2, 0.25) is 0 Å². The predicted molar refractivity (Wildman–Crippen MR) is 165 cm³/mol. The standard InChI is InChI=1S/C31H38BrN3O4S/c1-6-24(4)33-31(37)29(19-25-11-8-7-9-12-25)34(20-26-13-10-14-27(32)18-26)30(36)21-35(40(5,38)39)28-16-15-22(2)17-23(28)3/h7-18,24,29H,6,19-21H2,1-5H3,(H,33,37)/t24-,29+/m0/s1.